The fourth-order valence-corrected chi connectivity index (χ4v) is 1.73. The molecule has 0 aliphatic rings. The van der Waals surface area contributed by atoms with Crippen molar-refractivity contribution in [3.8, 4) is 28.7 Å². The van der Waals surface area contributed by atoms with Crippen LogP contribution in [-0.2, 0) is 0 Å². The Morgan fingerprint density at radius 1 is 1.11 bits per heavy atom. The highest BCUT2D eigenvalue weighted by Crippen LogP contribution is 2.33. The van der Waals surface area contributed by atoms with Gasteiger partial charge in [0, 0.05) is 23.5 Å². The molecule has 1 aromatic carbocycles. The highest BCUT2D eigenvalue weighted by molar-refractivity contribution is 5.76. The van der Waals surface area contributed by atoms with Crippen molar-refractivity contribution < 1.29 is 9.47 Å². The molecule has 4 heteroatoms. The van der Waals surface area contributed by atoms with E-state index in [-0.39, 0.29) is 0 Å². The molecule has 0 saturated heterocycles. The highest BCUT2D eigenvalue weighted by Gasteiger charge is 2.11. The molecule has 0 amide bonds. The molecule has 0 N–H and O–H groups in total. The summed E-state index contributed by atoms with van der Waals surface area (Å²) in [6.07, 6.45) is 3.32. The zero-order chi connectivity index (χ0) is 13.0. The summed E-state index contributed by atoms with van der Waals surface area (Å²) in [7, 11) is 3.18. The minimum absolute atomic E-state index is 0.558. The minimum atomic E-state index is 0.558. The molecular weight excluding hydrogens is 228 g/mol. The maximum Gasteiger partial charge on any atom is 0.129 e. The number of nitriles is 1. The largest absolute Gasteiger partial charge is 0.497 e. The van der Waals surface area contributed by atoms with Crippen LogP contribution in [0.2, 0.25) is 0 Å². The Hall–Kier alpha value is -2.54. The van der Waals surface area contributed by atoms with Crippen LogP contribution in [0.15, 0.2) is 36.7 Å². The predicted molar refractivity (Wildman–Crippen MR) is 67.5 cm³/mol. The van der Waals surface area contributed by atoms with Crippen molar-refractivity contribution in [2.75, 3.05) is 14.2 Å². The van der Waals surface area contributed by atoms with Crippen LogP contribution in [0.4, 0.5) is 0 Å². The van der Waals surface area contributed by atoms with Crippen LogP contribution in [-0.4, -0.2) is 19.2 Å². The first-order chi connectivity index (χ1) is 8.80. The Labute approximate surface area is 105 Å². The summed E-state index contributed by atoms with van der Waals surface area (Å²) >= 11 is 0. The summed E-state index contributed by atoms with van der Waals surface area (Å²) in [5, 5.41) is 9.15. The van der Waals surface area contributed by atoms with Gasteiger partial charge in [0.05, 0.1) is 25.9 Å². The molecule has 0 atom stereocenters. The van der Waals surface area contributed by atoms with Crippen LogP contribution in [0.5, 0.6) is 11.5 Å². The smallest absolute Gasteiger partial charge is 0.129 e. The number of benzene rings is 1. The molecule has 18 heavy (non-hydrogen) atoms. The molecule has 0 aliphatic heterocycles. The van der Waals surface area contributed by atoms with Gasteiger partial charge in [0.1, 0.15) is 11.5 Å². The van der Waals surface area contributed by atoms with E-state index in [0.717, 1.165) is 11.1 Å². The average molecular weight is 240 g/mol. The summed E-state index contributed by atoms with van der Waals surface area (Å²) in [6.45, 7) is 0. The topological polar surface area (TPSA) is 55.1 Å². The predicted octanol–water partition coefficient (Wildman–Crippen LogP) is 2.64. The average Bonchev–Trinajstić information content (AvgIpc) is 2.46. The van der Waals surface area contributed by atoms with E-state index in [4.69, 9.17) is 14.7 Å². The van der Waals surface area contributed by atoms with E-state index in [1.807, 2.05) is 0 Å². The fourth-order valence-electron chi connectivity index (χ4n) is 1.73. The molecule has 0 aliphatic carbocycles. The van der Waals surface area contributed by atoms with Crippen molar-refractivity contribution in [1.82, 2.24) is 4.98 Å². The maximum atomic E-state index is 9.15. The summed E-state index contributed by atoms with van der Waals surface area (Å²) in [5.74, 6) is 1.37. The first-order valence-corrected chi connectivity index (χ1v) is 5.36. The van der Waals surface area contributed by atoms with E-state index >= 15 is 0 Å². The third kappa shape index (κ3) is 2.11. The van der Waals surface area contributed by atoms with E-state index in [1.54, 1.807) is 50.9 Å². The van der Waals surface area contributed by atoms with Gasteiger partial charge in [-0.05, 0) is 24.3 Å². The van der Waals surface area contributed by atoms with Crippen molar-refractivity contribution in [3.05, 3.63) is 42.2 Å². The monoisotopic (exact) mass is 240 g/mol. The first kappa shape index (κ1) is 11.9. The number of hydrogen-bond acceptors (Lipinski definition) is 4. The third-order valence-electron chi connectivity index (χ3n) is 2.64. The van der Waals surface area contributed by atoms with Gasteiger partial charge in [-0.25, -0.2) is 0 Å². The maximum absolute atomic E-state index is 9.15. The molecule has 0 unspecified atom stereocenters. The molecule has 90 valence electrons. The van der Waals surface area contributed by atoms with Crippen LogP contribution >= 0.6 is 0 Å². The molecule has 0 saturated carbocycles. The Balaban J connectivity index is 2.65. The molecule has 1 heterocycles. The SMILES string of the molecule is COc1ccc(C#N)c(-c2cnccc2OC)c1. The second-order valence-electron chi connectivity index (χ2n) is 3.60. The fraction of sp³-hybridized carbons (Fsp3) is 0.143. The van der Waals surface area contributed by atoms with Gasteiger partial charge >= 0.3 is 0 Å². The molecule has 0 radical (unpaired) electrons. The van der Waals surface area contributed by atoms with E-state index in [1.165, 1.54) is 0 Å². The second kappa shape index (κ2) is 5.19. The van der Waals surface area contributed by atoms with Crippen molar-refractivity contribution in [1.29, 1.82) is 5.26 Å². The number of hydrogen-bond donors (Lipinski definition) is 0. The Morgan fingerprint density at radius 2 is 1.94 bits per heavy atom. The van der Waals surface area contributed by atoms with Crippen LogP contribution in [0, 0.1) is 11.3 Å². The first-order valence-electron chi connectivity index (χ1n) is 5.36. The van der Waals surface area contributed by atoms with Crippen LogP contribution in [0.1, 0.15) is 5.56 Å². The van der Waals surface area contributed by atoms with Gasteiger partial charge in [0.2, 0.25) is 0 Å². The number of methoxy groups -OCH3 is 2. The lowest BCUT2D eigenvalue weighted by molar-refractivity contribution is 0.413. The van der Waals surface area contributed by atoms with Gasteiger partial charge in [0.25, 0.3) is 0 Å². The van der Waals surface area contributed by atoms with E-state index in [2.05, 4.69) is 11.1 Å². The van der Waals surface area contributed by atoms with Gasteiger partial charge in [-0.1, -0.05) is 0 Å². The highest BCUT2D eigenvalue weighted by atomic mass is 16.5. The number of ether oxygens (including phenoxy) is 2. The van der Waals surface area contributed by atoms with E-state index < -0.39 is 0 Å². The normalized spacial score (nSPS) is 9.61. The molecular formula is C14H12N2O2. The zero-order valence-corrected chi connectivity index (χ0v) is 10.2. The molecule has 1 aromatic heterocycles. The van der Waals surface area contributed by atoms with Crippen LogP contribution in [0.25, 0.3) is 11.1 Å². The summed E-state index contributed by atoms with van der Waals surface area (Å²) in [6, 6.07) is 9.20. The van der Waals surface area contributed by atoms with Crippen molar-refractivity contribution in [3.63, 3.8) is 0 Å². The van der Waals surface area contributed by atoms with Gasteiger partial charge in [-0.15, -0.1) is 0 Å². The summed E-state index contributed by atoms with van der Waals surface area (Å²) in [4.78, 5) is 4.07. The lowest BCUT2D eigenvalue weighted by Crippen LogP contribution is -1.92. The Kier molecular flexibility index (Phi) is 3.44. The van der Waals surface area contributed by atoms with Crippen LogP contribution in [0.3, 0.4) is 0 Å². The Morgan fingerprint density at radius 3 is 2.61 bits per heavy atom. The number of pyridine rings is 1. The molecule has 0 bridgehead atoms. The number of rotatable bonds is 3. The van der Waals surface area contributed by atoms with Gasteiger partial charge in [0.15, 0.2) is 0 Å². The third-order valence-corrected chi connectivity index (χ3v) is 2.64. The van der Waals surface area contributed by atoms with Gasteiger partial charge < -0.3 is 9.47 Å². The second-order valence-corrected chi connectivity index (χ2v) is 3.60. The van der Waals surface area contributed by atoms with Crippen LogP contribution < -0.4 is 9.47 Å². The minimum Gasteiger partial charge on any atom is -0.497 e. The molecule has 0 fully saturated rings. The quantitative estimate of drug-likeness (QED) is 0.827. The van der Waals surface area contributed by atoms with E-state index in [9.17, 15) is 0 Å². The van der Waals surface area contributed by atoms with Crippen molar-refractivity contribution >= 4 is 0 Å². The standard InChI is InChI=1S/C14H12N2O2/c1-17-11-4-3-10(8-15)12(7-11)13-9-16-6-5-14(13)18-2/h3-7,9H,1-2H3. The molecule has 0 spiro atoms. The van der Waals surface area contributed by atoms with Crippen molar-refractivity contribution in [2.24, 2.45) is 0 Å². The van der Waals surface area contributed by atoms with Gasteiger partial charge in [-0.2, -0.15) is 5.26 Å². The number of nitrogens with zero attached hydrogens (tertiary/aromatic N) is 2. The number of aromatic nitrogens is 1. The van der Waals surface area contributed by atoms with E-state index in [0.29, 0.717) is 17.1 Å². The van der Waals surface area contributed by atoms with Gasteiger partial charge in [-0.3, -0.25) is 4.98 Å². The Bertz CT molecular complexity index is 603. The molecule has 2 aromatic rings. The zero-order valence-electron chi connectivity index (χ0n) is 10.2. The molecule has 2 rings (SSSR count). The lowest BCUT2D eigenvalue weighted by atomic mass is 10.0. The summed E-state index contributed by atoms with van der Waals surface area (Å²) in [5.41, 5.74) is 2.08. The molecule has 4 nitrogen and oxygen atoms in total. The van der Waals surface area contributed by atoms with Crippen molar-refractivity contribution in [2.45, 2.75) is 0 Å². The summed E-state index contributed by atoms with van der Waals surface area (Å²) < 4.78 is 10.5. The lowest BCUT2D eigenvalue weighted by Gasteiger charge is -2.10.